The fourth-order valence-corrected chi connectivity index (χ4v) is 3.14. The van der Waals surface area contributed by atoms with E-state index in [2.05, 4.69) is 23.9 Å². The van der Waals surface area contributed by atoms with Crippen LogP contribution in [0, 0.1) is 12.7 Å². The van der Waals surface area contributed by atoms with Crippen LogP contribution in [-0.4, -0.2) is 49.6 Å². The van der Waals surface area contributed by atoms with Gasteiger partial charge in [-0.1, -0.05) is 12.1 Å². The summed E-state index contributed by atoms with van der Waals surface area (Å²) in [4.78, 5) is 4.73. The summed E-state index contributed by atoms with van der Waals surface area (Å²) in [5.41, 5.74) is 7.79. The van der Waals surface area contributed by atoms with Crippen molar-refractivity contribution in [3.05, 3.63) is 35.1 Å². The van der Waals surface area contributed by atoms with Crippen LogP contribution in [0.1, 0.15) is 30.0 Å². The van der Waals surface area contributed by atoms with Gasteiger partial charge in [-0.3, -0.25) is 4.90 Å². The minimum absolute atomic E-state index is 0.149. The van der Waals surface area contributed by atoms with Crippen LogP contribution in [0.3, 0.4) is 0 Å². The van der Waals surface area contributed by atoms with Crippen LogP contribution < -0.4 is 5.73 Å². The number of rotatable bonds is 4. The lowest BCUT2D eigenvalue weighted by Crippen LogP contribution is -2.47. The average molecular weight is 279 g/mol. The molecule has 1 aliphatic rings. The molecule has 0 saturated carbocycles. The smallest absolute Gasteiger partial charge is 0.126 e. The molecule has 2 unspecified atom stereocenters. The van der Waals surface area contributed by atoms with Gasteiger partial charge in [-0.2, -0.15) is 0 Å². The minimum atomic E-state index is -0.149. The van der Waals surface area contributed by atoms with Crippen LogP contribution in [0.2, 0.25) is 0 Å². The second-order valence-corrected chi connectivity index (χ2v) is 5.98. The largest absolute Gasteiger partial charge is 0.329 e. The topological polar surface area (TPSA) is 32.5 Å². The van der Waals surface area contributed by atoms with E-state index < -0.39 is 0 Å². The van der Waals surface area contributed by atoms with Gasteiger partial charge in [-0.25, -0.2) is 4.39 Å². The number of nitrogens with two attached hydrogens (primary N) is 1. The summed E-state index contributed by atoms with van der Waals surface area (Å²) in [6.45, 7) is 4.61. The van der Waals surface area contributed by atoms with Gasteiger partial charge in [0.05, 0.1) is 0 Å². The lowest BCUT2D eigenvalue weighted by molar-refractivity contribution is 0.101. The molecule has 2 atom stereocenters. The number of likely N-dealkylation sites (tertiary alicyclic amines) is 1. The second kappa shape index (κ2) is 6.66. The van der Waals surface area contributed by atoms with Gasteiger partial charge in [-0.15, -0.1) is 0 Å². The Morgan fingerprint density at radius 2 is 2.25 bits per heavy atom. The monoisotopic (exact) mass is 279 g/mol. The van der Waals surface area contributed by atoms with Crippen molar-refractivity contribution < 1.29 is 4.39 Å². The Morgan fingerprint density at radius 1 is 1.50 bits per heavy atom. The normalized spacial score (nSPS) is 22.2. The van der Waals surface area contributed by atoms with Gasteiger partial charge in [0.25, 0.3) is 0 Å². The molecule has 3 nitrogen and oxygen atoms in total. The third-order valence-electron chi connectivity index (χ3n) is 4.46. The summed E-state index contributed by atoms with van der Waals surface area (Å²) in [6, 6.07) is 6.02. The average Bonchev–Trinajstić information content (AvgIpc) is 2.43. The van der Waals surface area contributed by atoms with Gasteiger partial charge in [0.2, 0.25) is 0 Å². The van der Waals surface area contributed by atoms with E-state index in [9.17, 15) is 4.39 Å². The zero-order valence-corrected chi connectivity index (χ0v) is 12.8. The van der Waals surface area contributed by atoms with E-state index in [1.165, 1.54) is 19.4 Å². The fourth-order valence-electron chi connectivity index (χ4n) is 3.14. The minimum Gasteiger partial charge on any atom is -0.329 e. The molecule has 0 amide bonds. The van der Waals surface area contributed by atoms with Crippen molar-refractivity contribution in [2.24, 2.45) is 5.73 Å². The molecule has 2 N–H and O–H groups in total. The van der Waals surface area contributed by atoms with E-state index in [1.54, 1.807) is 13.0 Å². The Balaban J connectivity index is 2.15. The van der Waals surface area contributed by atoms with E-state index >= 15 is 0 Å². The van der Waals surface area contributed by atoms with Crippen LogP contribution >= 0.6 is 0 Å². The van der Waals surface area contributed by atoms with Crippen molar-refractivity contribution in [1.82, 2.24) is 9.80 Å². The first-order chi connectivity index (χ1) is 9.52. The Hall–Kier alpha value is -0.970. The van der Waals surface area contributed by atoms with Gasteiger partial charge < -0.3 is 10.6 Å². The molecule has 0 bridgehead atoms. The Labute approximate surface area is 121 Å². The molecule has 112 valence electrons. The standard InChI is InChI=1S/C16H26FN3/c1-12-9-13(6-7-15(12)17)16(10-18)20(3)14-5-4-8-19(2)11-14/h6-7,9,14,16H,4-5,8,10-11,18H2,1-3H3. The maximum atomic E-state index is 13.4. The molecule has 0 aromatic heterocycles. The van der Waals surface area contributed by atoms with Crippen molar-refractivity contribution in [3.8, 4) is 0 Å². The van der Waals surface area contributed by atoms with Gasteiger partial charge in [0.15, 0.2) is 0 Å². The summed E-state index contributed by atoms with van der Waals surface area (Å²) >= 11 is 0. The predicted octanol–water partition coefficient (Wildman–Crippen LogP) is 2.16. The zero-order valence-electron chi connectivity index (χ0n) is 12.8. The highest BCUT2D eigenvalue weighted by Gasteiger charge is 2.26. The quantitative estimate of drug-likeness (QED) is 0.917. The summed E-state index contributed by atoms with van der Waals surface area (Å²) in [6.07, 6.45) is 2.43. The first kappa shape index (κ1) is 15.4. The molecule has 1 aromatic carbocycles. The molecular formula is C16H26FN3. The third kappa shape index (κ3) is 3.37. The second-order valence-electron chi connectivity index (χ2n) is 5.98. The number of hydrogen-bond donors (Lipinski definition) is 1. The van der Waals surface area contributed by atoms with E-state index in [4.69, 9.17) is 5.73 Å². The summed E-state index contributed by atoms with van der Waals surface area (Å²) in [5.74, 6) is -0.149. The SMILES string of the molecule is Cc1cc(C(CN)N(C)C2CCCN(C)C2)ccc1F. The highest BCUT2D eigenvalue weighted by Crippen LogP contribution is 2.25. The van der Waals surface area contributed by atoms with Gasteiger partial charge >= 0.3 is 0 Å². The molecule has 1 aliphatic heterocycles. The number of aryl methyl sites for hydroxylation is 1. The predicted molar refractivity (Wildman–Crippen MR) is 81.2 cm³/mol. The van der Waals surface area contributed by atoms with Crippen molar-refractivity contribution in [2.45, 2.75) is 31.8 Å². The highest BCUT2D eigenvalue weighted by molar-refractivity contribution is 5.27. The van der Waals surface area contributed by atoms with Crippen LogP contribution in [0.5, 0.6) is 0 Å². The summed E-state index contributed by atoms with van der Waals surface area (Å²) in [7, 11) is 4.31. The maximum Gasteiger partial charge on any atom is 0.126 e. The van der Waals surface area contributed by atoms with E-state index in [1.807, 2.05) is 12.1 Å². The number of nitrogens with zero attached hydrogens (tertiary/aromatic N) is 2. The molecular weight excluding hydrogens is 253 g/mol. The van der Waals surface area contributed by atoms with Crippen molar-refractivity contribution in [1.29, 1.82) is 0 Å². The molecule has 0 aliphatic carbocycles. The molecule has 20 heavy (non-hydrogen) atoms. The molecule has 1 aromatic rings. The lowest BCUT2D eigenvalue weighted by Gasteiger charge is -2.40. The maximum absolute atomic E-state index is 13.4. The molecule has 1 saturated heterocycles. The highest BCUT2D eigenvalue weighted by atomic mass is 19.1. The molecule has 4 heteroatoms. The van der Waals surface area contributed by atoms with Gasteiger partial charge in [0.1, 0.15) is 5.82 Å². The number of halogens is 1. The van der Waals surface area contributed by atoms with Crippen molar-refractivity contribution >= 4 is 0 Å². The van der Waals surface area contributed by atoms with Crippen molar-refractivity contribution in [2.75, 3.05) is 33.7 Å². The molecule has 0 spiro atoms. The summed E-state index contributed by atoms with van der Waals surface area (Å²) < 4.78 is 13.4. The molecule has 0 radical (unpaired) electrons. The lowest BCUT2D eigenvalue weighted by atomic mass is 9.98. The summed E-state index contributed by atoms with van der Waals surface area (Å²) in [5, 5.41) is 0. The van der Waals surface area contributed by atoms with Crippen molar-refractivity contribution in [3.63, 3.8) is 0 Å². The fraction of sp³-hybridized carbons (Fsp3) is 0.625. The van der Waals surface area contributed by atoms with Crippen LogP contribution in [0.4, 0.5) is 4.39 Å². The van der Waals surface area contributed by atoms with Gasteiger partial charge in [0, 0.05) is 25.2 Å². The first-order valence-electron chi connectivity index (χ1n) is 7.39. The Bertz CT molecular complexity index is 449. The Kier molecular flexibility index (Phi) is 5.13. The zero-order chi connectivity index (χ0) is 14.7. The van der Waals surface area contributed by atoms with Crippen LogP contribution in [-0.2, 0) is 0 Å². The van der Waals surface area contributed by atoms with Gasteiger partial charge in [-0.05, 0) is 57.6 Å². The molecule has 2 rings (SSSR count). The first-order valence-corrected chi connectivity index (χ1v) is 7.39. The number of likely N-dealkylation sites (N-methyl/N-ethyl adjacent to an activating group) is 2. The molecule has 1 fully saturated rings. The van der Waals surface area contributed by atoms with E-state index in [0.717, 1.165) is 12.1 Å². The number of benzene rings is 1. The van der Waals surface area contributed by atoms with Crippen LogP contribution in [0.25, 0.3) is 0 Å². The third-order valence-corrected chi connectivity index (χ3v) is 4.46. The Morgan fingerprint density at radius 3 is 2.85 bits per heavy atom. The van der Waals surface area contributed by atoms with E-state index in [0.29, 0.717) is 18.2 Å². The molecule has 1 heterocycles. The number of piperidine rings is 1. The van der Waals surface area contributed by atoms with E-state index in [-0.39, 0.29) is 11.9 Å². The number of hydrogen-bond acceptors (Lipinski definition) is 3. The van der Waals surface area contributed by atoms with Crippen LogP contribution in [0.15, 0.2) is 18.2 Å².